The Morgan fingerprint density at radius 2 is 1.89 bits per heavy atom. The maximum atomic E-state index is 12.3. The highest BCUT2D eigenvalue weighted by molar-refractivity contribution is 7.89. The summed E-state index contributed by atoms with van der Waals surface area (Å²) in [4.78, 5) is 0. The van der Waals surface area contributed by atoms with Crippen molar-refractivity contribution in [1.82, 2.24) is 4.31 Å². The molecule has 0 radical (unpaired) electrons. The fraction of sp³-hybridized carbons (Fsp3) is 0.571. The summed E-state index contributed by atoms with van der Waals surface area (Å²) in [6.07, 6.45) is 0.791. The van der Waals surface area contributed by atoms with E-state index in [9.17, 15) is 8.42 Å². The minimum Gasteiger partial charge on any atom is -0.384 e. The molecular weight excluding hydrogens is 262 g/mol. The molecule has 1 aromatic rings. The molecule has 1 aromatic carbocycles. The highest BCUT2D eigenvalue weighted by Gasteiger charge is 2.26. The van der Waals surface area contributed by atoms with Crippen LogP contribution in [0.2, 0.25) is 0 Å². The highest BCUT2D eigenvalue weighted by Crippen LogP contribution is 2.16. The van der Waals surface area contributed by atoms with E-state index in [4.69, 9.17) is 4.74 Å². The third kappa shape index (κ3) is 4.93. The summed E-state index contributed by atoms with van der Waals surface area (Å²) in [5.74, 6) is 0.0284. The van der Waals surface area contributed by atoms with Gasteiger partial charge in [-0.05, 0) is 18.9 Å². The minimum absolute atomic E-state index is 0.0120. The summed E-state index contributed by atoms with van der Waals surface area (Å²) < 4.78 is 31.1. The third-order valence-corrected chi connectivity index (χ3v) is 5.05. The second-order valence-corrected chi connectivity index (χ2v) is 6.64. The number of sulfonamides is 1. The average molecular weight is 285 g/mol. The van der Waals surface area contributed by atoms with Gasteiger partial charge in [0.15, 0.2) is 0 Å². The van der Waals surface area contributed by atoms with Crippen LogP contribution in [0.5, 0.6) is 0 Å². The zero-order valence-electron chi connectivity index (χ0n) is 11.9. The van der Waals surface area contributed by atoms with Crippen LogP contribution in [0, 0.1) is 0 Å². The van der Waals surface area contributed by atoms with E-state index in [0.29, 0.717) is 6.54 Å². The molecule has 19 heavy (non-hydrogen) atoms. The van der Waals surface area contributed by atoms with Crippen LogP contribution < -0.4 is 0 Å². The molecule has 0 bridgehead atoms. The number of hydrogen-bond acceptors (Lipinski definition) is 3. The Bertz CT molecular complexity index is 459. The van der Waals surface area contributed by atoms with Crippen LogP contribution in [0.1, 0.15) is 25.8 Å². The molecule has 108 valence electrons. The monoisotopic (exact) mass is 285 g/mol. The second-order valence-electron chi connectivity index (χ2n) is 4.60. The predicted molar refractivity (Wildman–Crippen MR) is 77.4 cm³/mol. The lowest BCUT2D eigenvalue weighted by Crippen LogP contribution is -2.40. The van der Waals surface area contributed by atoms with Gasteiger partial charge in [-0.15, -0.1) is 0 Å². The zero-order chi connectivity index (χ0) is 14.3. The quantitative estimate of drug-likeness (QED) is 0.736. The van der Waals surface area contributed by atoms with Crippen molar-refractivity contribution in [2.45, 2.75) is 32.9 Å². The zero-order valence-corrected chi connectivity index (χ0v) is 12.7. The van der Waals surface area contributed by atoms with E-state index in [0.717, 1.165) is 12.0 Å². The number of benzene rings is 1. The lowest BCUT2D eigenvalue weighted by molar-refractivity contribution is 0.214. The van der Waals surface area contributed by atoms with Gasteiger partial charge in [0, 0.05) is 19.7 Å². The van der Waals surface area contributed by atoms with Gasteiger partial charge in [0.25, 0.3) is 0 Å². The van der Waals surface area contributed by atoms with Crippen molar-refractivity contribution in [1.29, 1.82) is 0 Å². The van der Waals surface area contributed by atoms with Gasteiger partial charge in [-0.2, -0.15) is 4.31 Å². The van der Waals surface area contributed by atoms with Crippen molar-refractivity contribution in [2.24, 2.45) is 0 Å². The molecule has 0 heterocycles. The van der Waals surface area contributed by atoms with Gasteiger partial charge in [0.2, 0.25) is 10.0 Å². The molecule has 0 saturated heterocycles. The van der Waals surface area contributed by atoms with Crippen LogP contribution in [0.3, 0.4) is 0 Å². The lowest BCUT2D eigenvalue weighted by Gasteiger charge is -2.27. The van der Waals surface area contributed by atoms with Crippen LogP contribution >= 0.6 is 0 Å². The fourth-order valence-corrected chi connectivity index (χ4v) is 3.46. The molecule has 0 aliphatic heterocycles. The average Bonchev–Trinajstić information content (AvgIpc) is 2.42. The van der Waals surface area contributed by atoms with Crippen molar-refractivity contribution in [3.8, 4) is 0 Å². The van der Waals surface area contributed by atoms with Crippen LogP contribution in [0.4, 0.5) is 0 Å². The van der Waals surface area contributed by atoms with E-state index < -0.39 is 10.0 Å². The van der Waals surface area contributed by atoms with Crippen molar-refractivity contribution < 1.29 is 13.2 Å². The molecule has 0 unspecified atom stereocenters. The van der Waals surface area contributed by atoms with Crippen LogP contribution in [0.15, 0.2) is 30.3 Å². The van der Waals surface area contributed by atoms with Gasteiger partial charge in [-0.1, -0.05) is 37.3 Å². The SMILES string of the molecule is CC[C@H](C)N(Cc1ccccc1)S(=O)(=O)CCOC. The van der Waals surface area contributed by atoms with Crippen LogP contribution in [-0.2, 0) is 21.3 Å². The van der Waals surface area contributed by atoms with Crippen molar-refractivity contribution >= 4 is 10.0 Å². The molecular formula is C14H23NO3S. The minimum atomic E-state index is -3.29. The van der Waals surface area contributed by atoms with E-state index in [1.807, 2.05) is 44.2 Å². The van der Waals surface area contributed by atoms with E-state index in [1.54, 1.807) is 4.31 Å². The first-order chi connectivity index (χ1) is 9.01. The molecule has 1 rings (SSSR count). The molecule has 0 fully saturated rings. The molecule has 4 nitrogen and oxygen atoms in total. The maximum absolute atomic E-state index is 12.3. The summed E-state index contributed by atoms with van der Waals surface area (Å²) in [6.45, 7) is 4.58. The lowest BCUT2D eigenvalue weighted by atomic mass is 10.2. The van der Waals surface area contributed by atoms with Crippen LogP contribution in [-0.4, -0.2) is 38.2 Å². The molecule has 0 amide bonds. The highest BCUT2D eigenvalue weighted by atomic mass is 32.2. The van der Waals surface area contributed by atoms with Gasteiger partial charge in [-0.25, -0.2) is 8.42 Å². The normalized spacial score (nSPS) is 13.7. The molecule has 1 atom stereocenters. The van der Waals surface area contributed by atoms with Gasteiger partial charge in [0.05, 0.1) is 12.4 Å². The maximum Gasteiger partial charge on any atom is 0.216 e. The van der Waals surface area contributed by atoms with Crippen molar-refractivity contribution in [2.75, 3.05) is 19.5 Å². The molecule has 5 heteroatoms. The summed E-state index contributed by atoms with van der Waals surface area (Å²) in [5.41, 5.74) is 1.00. The van der Waals surface area contributed by atoms with E-state index in [2.05, 4.69) is 0 Å². The van der Waals surface area contributed by atoms with E-state index >= 15 is 0 Å². The number of methoxy groups -OCH3 is 1. The molecule has 0 saturated carbocycles. The number of rotatable bonds is 8. The first-order valence-corrected chi connectivity index (χ1v) is 8.14. The molecule has 0 aromatic heterocycles. The Morgan fingerprint density at radius 1 is 1.26 bits per heavy atom. The van der Waals surface area contributed by atoms with E-state index in [-0.39, 0.29) is 18.4 Å². The fourth-order valence-electron chi connectivity index (χ4n) is 1.80. The number of nitrogens with zero attached hydrogens (tertiary/aromatic N) is 1. The Balaban J connectivity index is 2.89. The molecule has 0 aliphatic rings. The Kier molecular flexibility index (Phi) is 6.48. The summed E-state index contributed by atoms with van der Waals surface area (Å²) in [5, 5.41) is 0. The second kappa shape index (κ2) is 7.62. The van der Waals surface area contributed by atoms with Crippen molar-refractivity contribution in [3.63, 3.8) is 0 Å². The van der Waals surface area contributed by atoms with Gasteiger partial charge < -0.3 is 4.74 Å². The van der Waals surface area contributed by atoms with Crippen LogP contribution in [0.25, 0.3) is 0 Å². The van der Waals surface area contributed by atoms with Gasteiger partial charge in [0.1, 0.15) is 0 Å². The summed E-state index contributed by atoms with van der Waals surface area (Å²) >= 11 is 0. The van der Waals surface area contributed by atoms with Gasteiger partial charge >= 0.3 is 0 Å². The Hall–Kier alpha value is -0.910. The third-order valence-electron chi connectivity index (χ3n) is 3.17. The topological polar surface area (TPSA) is 46.6 Å². The summed E-state index contributed by atoms with van der Waals surface area (Å²) in [6, 6.07) is 9.65. The standard InChI is InChI=1S/C14H23NO3S/c1-4-13(2)15(19(16,17)11-10-18-3)12-14-8-6-5-7-9-14/h5-9,13H,4,10-12H2,1-3H3/t13-/m0/s1. The first kappa shape index (κ1) is 16.1. The smallest absolute Gasteiger partial charge is 0.216 e. The van der Waals surface area contributed by atoms with Gasteiger partial charge in [-0.3, -0.25) is 0 Å². The Labute approximate surface area is 116 Å². The first-order valence-electron chi connectivity index (χ1n) is 6.53. The van der Waals surface area contributed by atoms with Crippen molar-refractivity contribution in [3.05, 3.63) is 35.9 Å². The predicted octanol–water partition coefficient (Wildman–Crippen LogP) is 2.26. The summed E-state index contributed by atoms with van der Waals surface area (Å²) in [7, 11) is -1.77. The Morgan fingerprint density at radius 3 is 2.42 bits per heavy atom. The number of hydrogen-bond donors (Lipinski definition) is 0. The largest absolute Gasteiger partial charge is 0.384 e. The molecule has 0 aliphatic carbocycles. The van der Waals surface area contributed by atoms with E-state index in [1.165, 1.54) is 7.11 Å². The number of ether oxygens (including phenoxy) is 1. The molecule has 0 N–H and O–H groups in total. The molecule has 0 spiro atoms.